The highest BCUT2D eigenvalue weighted by Crippen LogP contribution is 2.26. The van der Waals surface area contributed by atoms with Crippen LogP contribution >= 0.6 is 0 Å². The number of ether oxygens (including phenoxy) is 1. The van der Waals surface area contributed by atoms with Crippen LogP contribution in [0.25, 0.3) is 0 Å². The van der Waals surface area contributed by atoms with Gasteiger partial charge in [0.15, 0.2) is 0 Å². The maximum Gasteiger partial charge on any atom is 0.132 e. The van der Waals surface area contributed by atoms with E-state index in [0.717, 1.165) is 0 Å². The average molecular weight is 232 g/mol. The normalized spacial score (nSPS) is 10.3. The fraction of sp³-hybridized carbons (Fsp3) is 0.143. The van der Waals surface area contributed by atoms with Gasteiger partial charge in [-0.2, -0.15) is 0 Å². The molecule has 2 rings (SSSR count). The zero-order valence-electron chi connectivity index (χ0n) is 9.48. The molecule has 0 aliphatic rings. The molecule has 2 aromatic carbocycles. The lowest BCUT2D eigenvalue weighted by molar-refractivity contribution is 0.276. The lowest BCUT2D eigenvalue weighted by atomic mass is 10.2. The van der Waals surface area contributed by atoms with Crippen LogP contribution < -0.4 is 4.74 Å². The van der Waals surface area contributed by atoms with Crippen LogP contribution in [0.3, 0.4) is 0 Å². The Hall–Kier alpha value is -1.87. The molecule has 0 radical (unpaired) electrons. The number of hydrogen-bond acceptors (Lipinski definition) is 2. The maximum atomic E-state index is 13.3. The van der Waals surface area contributed by atoms with Crippen molar-refractivity contribution in [3.8, 4) is 11.5 Å². The molecule has 0 bridgehead atoms. The molecule has 0 aromatic heterocycles. The molecule has 0 saturated heterocycles. The number of aliphatic hydroxyl groups is 1. The van der Waals surface area contributed by atoms with Crippen molar-refractivity contribution in [3.63, 3.8) is 0 Å². The first-order valence-electron chi connectivity index (χ1n) is 5.33. The Morgan fingerprint density at radius 2 is 1.94 bits per heavy atom. The van der Waals surface area contributed by atoms with Gasteiger partial charge in [-0.25, -0.2) is 4.39 Å². The van der Waals surface area contributed by atoms with Crippen LogP contribution in [0, 0.1) is 12.7 Å². The van der Waals surface area contributed by atoms with E-state index in [4.69, 9.17) is 9.84 Å². The molecular formula is C14H13FO2. The molecule has 0 atom stereocenters. The monoisotopic (exact) mass is 232 g/mol. The summed E-state index contributed by atoms with van der Waals surface area (Å²) in [5.41, 5.74) is 1.25. The Morgan fingerprint density at radius 1 is 1.18 bits per heavy atom. The van der Waals surface area contributed by atoms with Crippen LogP contribution in [0.1, 0.15) is 11.1 Å². The molecule has 0 aliphatic carbocycles. The second-order valence-corrected chi connectivity index (χ2v) is 3.78. The standard InChI is InChI=1S/C14H13FO2/c1-10-6-7-12(8-13(10)15)17-14-5-3-2-4-11(14)9-16/h2-8,16H,9H2,1H3. The van der Waals surface area contributed by atoms with Crippen molar-refractivity contribution in [1.82, 2.24) is 0 Å². The number of hydrogen-bond donors (Lipinski definition) is 1. The predicted octanol–water partition coefficient (Wildman–Crippen LogP) is 3.42. The summed E-state index contributed by atoms with van der Waals surface area (Å²) in [5.74, 6) is 0.663. The van der Waals surface area contributed by atoms with Gasteiger partial charge in [0.2, 0.25) is 0 Å². The Bertz CT molecular complexity index is 523. The van der Waals surface area contributed by atoms with Gasteiger partial charge >= 0.3 is 0 Å². The number of benzene rings is 2. The summed E-state index contributed by atoms with van der Waals surface area (Å²) in [6.45, 7) is 1.59. The van der Waals surface area contributed by atoms with Crippen LogP contribution in [0.2, 0.25) is 0 Å². The van der Waals surface area contributed by atoms with E-state index in [2.05, 4.69) is 0 Å². The van der Waals surface area contributed by atoms with Crippen molar-refractivity contribution in [3.05, 3.63) is 59.4 Å². The molecule has 17 heavy (non-hydrogen) atoms. The number of rotatable bonds is 3. The van der Waals surface area contributed by atoms with E-state index in [1.807, 2.05) is 6.07 Å². The van der Waals surface area contributed by atoms with Gasteiger partial charge in [-0.15, -0.1) is 0 Å². The van der Waals surface area contributed by atoms with Gasteiger partial charge in [0.1, 0.15) is 17.3 Å². The van der Waals surface area contributed by atoms with Gasteiger partial charge in [-0.05, 0) is 24.6 Å². The van der Waals surface area contributed by atoms with Gasteiger partial charge in [-0.3, -0.25) is 0 Å². The highest BCUT2D eigenvalue weighted by Gasteiger charge is 2.05. The molecule has 0 amide bonds. The summed E-state index contributed by atoms with van der Waals surface area (Å²) >= 11 is 0. The summed E-state index contributed by atoms with van der Waals surface area (Å²) in [4.78, 5) is 0. The molecule has 3 heteroatoms. The molecule has 88 valence electrons. The first kappa shape index (κ1) is 11.6. The smallest absolute Gasteiger partial charge is 0.132 e. The topological polar surface area (TPSA) is 29.5 Å². The van der Waals surface area contributed by atoms with E-state index in [1.165, 1.54) is 6.07 Å². The number of aryl methyl sites for hydroxylation is 1. The molecule has 0 heterocycles. The molecule has 1 N–H and O–H groups in total. The third-order valence-corrected chi connectivity index (χ3v) is 2.51. The predicted molar refractivity (Wildman–Crippen MR) is 63.6 cm³/mol. The van der Waals surface area contributed by atoms with Gasteiger partial charge in [0.25, 0.3) is 0 Å². The molecule has 0 aliphatic heterocycles. The fourth-order valence-electron chi connectivity index (χ4n) is 1.50. The average Bonchev–Trinajstić information content (AvgIpc) is 2.34. The van der Waals surface area contributed by atoms with Crippen molar-refractivity contribution >= 4 is 0 Å². The zero-order chi connectivity index (χ0) is 12.3. The molecule has 0 saturated carbocycles. The van der Waals surface area contributed by atoms with Crippen molar-refractivity contribution < 1.29 is 14.2 Å². The summed E-state index contributed by atoms with van der Waals surface area (Å²) in [6.07, 6.45) is 0. The molecule has 2 nitrogen and oxygen atoms in total. The summed E-state index contributed by atoms with van der Waals surface area (Å²) in [7, 11) is 0. The van der Waals surface area contributed by atoms with Crippen LogP contribution in [0.4, 0.5) is 4.39 Å². The summed E-state index contributed by atoms with van der Waals surface area (Å²) in [6, 6.07) is 11.8. The van der Waals surface area contributed by atoms with Gasteiger partial charge < -0.3 is 9.84 Å². The van der Waals surface area contributed by atoms with E-state index in [-0.39, 0.29) is 12.4 Å². The molecule has 0 fully saturated rings. The first-order chi connectivity index (χ1) is 8.20. The first-order valence-corrected chi connectivity index (χ1v) is 5.33. The minimum absolute atomic E-state index is 0.107. The Balaban J connectivity index is 2.28. The van der Waals surface area contributed by atoms with E-state index in [9.17, 15) is 4.39 Å². The Labute approximate surface area is 99.3 Å². The lowest BCUT2D eigenvalue weighted by Crippen LogP contribution is -1.92. The van der Waals surface area contributed by atoms with Crippen molar-refractivity contribution in [2.75, 3.05) is 0 Å². The largest absolute Gasteiger partial charge is 0.457 e. The lowest BCUT2D eigenvalue weighted by Gasteiger charge is -2.09. The third-order valence-electron chi connectivity index (χ3n) is 2.51. The van der Waals surface area contributed by atoms with E-state index < -0.39 is 0 Å². The summed E-state index contributed by atoms with van der Waals surface area (Å²) < 4.78 is 18.9. The van der Waals surface area contributed by atoms with Crippen LogP contribution in [-0.2, 0) is 6.61 Å². The fourth-order valence-corrected chi connectivity index (χ4v) is 1.50. The zero-order valence-corrected chi connectivity index (χ0v) is 9.48. The Morgan fingerprint density at radius 3 is 2.65 bits per heavy atom. The summed E-state index contributed by atoms with van der Waals surface area (Å²) in [5, 5.41) is 9.14. The SMILES string of the molecule is Cc1ccc(Oc2ccccc2CO)cc1F. The molecule has 0 unspecified atom stereocenters. The second kappa shape index (κ2) is 4.97. The molecular weight excluding hydrogens is 219 g/mol. The Kier molecular flexibility index (Phi) is 3.40. The van der Waals surface area contributed by atoms with E-state index in [1.54, 1.807) is 37.3 Å². The van der Waals surface area contributed by atoms with Crippen molar-refractivity contribution in [2.24, 2.45) is 0 Å². The van der Waals surface area contributed by atoms with Crippen LogP contribution in [0.15, 0.2) is 42.5 Å². The highest BCUT2D eigenvalue weighted by atomic mass is 19.1. The van der Waals surface area contributed by atoms with E-state index >= 15 is 0 Å². The van der Waals surface area contributed by atoms with Crippen molar-refractivity contribution in [1.29, 1.82) is 0 Å². The van der Waals surface area contributed by atoms with Gasteiger partial charge in [-0.1, -0.05) is 24.3 Å². The van der Waals surface area contributed by atoms with Crippen LogP contribution in [0.5, 0.6) is 11.5 Å². The number of aliphatic hydroxyl groups excluding tert-OH is 1. The van der Waals surface area contributed by atoms with Gasteiger partial charge in [0, 0.05) is 11.6 Å². The minimum Gasteiger partial charge on any atom is -0.457 e. The number of para-hydroxylation sites is 1. The second-order valence-electron chi connectivity index (χ2n) is 3.78. The van der Waals surface area contributed by atoms with Gasteiger partial charge in [0.05, 0.1) is 6.61 Å². The highest BCUT2D eigenvalue weighted by molar-refractivity contribution is 5.38. The number of halogens is 1. The molecule has 2 aromatic rings. The maximum absolute atomic E-state index is 13.3. The van der Waals surface area contributed by atoms with Crippen molar-refractivity contribution in [2.45, 2.75) is 13.5 Å². The van der Waals surface area contributed by atoms with Crippen LogP contribution in [-0.4, -0.2) is 5.11 Å². The third kappa shape index (κ3) is 2.63. The quantitative estimate of drug-likeness (QED) is 0.878. The van der Waals surface area contributed by atoms with E-state index in [0.29, 0.717) is 22.6 Å². The minimum atomic E-state index is -0.302. The molecule has 0 spiro atoms.